The first kappa shape index (κ1) is 9.28. The van der Waals surface area contributed by atoms with Crippen molar-refractivity contribution in [1.29, 1.82) is 0 Å². The summed E-state index contributed by atoms with van der Waals surface area (Å²) < 4.78 is 0. The fourth-order valence-electron chi connectivity index (χ4n) is 0.843. The summed E-state index contributed by atoms with van der Waals surface area (Å²) in [6, 6.07) is 0. The summed E-state index contributed by atoms with van der Waals surface area (Å²) in [5, 5.41) is 5.57. The third-order valence-corrected chi connectivity index (χ3v) is 1.87. The summed E-state index contributed by atoms with van der Waals surface area (Å²) in [6.07, 6.45) is 3.61. The second-order valence-electron chi connectivity index (χ2n) is 2.87. The number of nitrogens with zero attached hydrogens (tertiary/aromatic N) is 2. The van der Waals surface area contributed by atoms with Gasteiger partial charge in [0.05, 0.1) is 6.54 Å². The van der Waals surface area contributed by atoms with Gasteiger partial charge in [0.1, 0.15) is 0 Å². The van der Waals surface area contributed by atoms with Gasteiger partial charge < -0.3 is 15.6 Å². The highest BCUT2D eigenvalue weighted by Gasteiger charge is 2.08. The highest BCUT2D eigenvalue weighted by Crippen LogP contribution is 1.90. The van der Waals surface area contributed by atoms with Crippen LogP contribution < -0.4 is 10.7 Å². The first-order valence-corrected chi connectivity index (χ1v) is 4.25. The van der Waals surface area contributed by atoms with Crippen molar-refractivity contribution in [2.24, 2.45) is 0 Å². The number of likely N-dealkylation sites (N-methyl/N-ethyl adjacent to an activating group) is 1. The molecule has 1 aliphatic rings. The van der Waals surface area contributed by atoms with E-state index in [1.165, 1.54) is 0 Å². The van der Waals surface area contributed by atoms with E-state index in [0.29, 0.717) is 0 Å². The predicted molar refractivity (Wildman–Crippen MR) is 53.3 cm³/mol. The van der Waals surface area contributed by atoms with Crippen molar-refractivity contribution < 1.29 is 0 Å². The van der Waals surface area contributed by atoms with Crippen LogP contribution in [0.4, 0.5) is 0 Å². The number of thiocarbonyl (C=S) groups is 1. The molecule has 0 spiro atoms. The van der Waals surface area contributed by atoms with Gasteiger partial charge in [0.25, 0.3) is 0 Å². The average molecular weight is 186 g/mol. The van der Waals surface area contributed by atoms with Crippen LogP contribution in [0.5, 0.6) is 0 Å². The molecule has 1 rings (SSSR count). The highest BCUT2D eigenvalue weighted by atomic mass is 32.1. The highest BCUT2D eigenvalue weighted by molar-refractivity contribution is 7.80. The van der Waals surface area contributed by atoms with Crippen molar-refractivity contribution in [2.45, 2.75) is 0 Å². The molecule has 0 unspecified atom stereocenters. The Hall–Kier alpha value is -0.810. The van der Waals surface area contributed by atoms with Gasteiger partial charge in [-0.25, -0.2) is 0 Å². The van der Waals surface area contributed by atoms with E-state index < -0.39 is 0 Å². The first-order valence-electron chi connectivity index (χ1n) is 3.84. The normalized spacial score (nSPS) is 16.2. The van der Waals surface area contributed by atoms with Crippen molar-refractivity contribution in [3.8, 4) is 0 Å². The molecule has 0 aromatic rings. The quantitative estimate of drug-likeness (QED) is 0.592. The largest absolute Gasteiger partial charge is 0.336 e. The standard InChI is InChI=1S/C7H14N4S/c1-10(2)5-6-11-7(12)8-3-4-9-11/h3-4,9H,5-6H2,1-2H3,(H,8,12). The van der Waals surface area contributed by atoms with Gasteiger partial charge in [-0.05, 0) is 26.3 Å². The maximum absolute atomic E-state index is 5.06. The second kappa shape index (κ2) is 4.27. The molecular weight excluding hydrogens is 172 g/mol. The molecule has 0 amide bonds. The zero-order chi connectivity index (χ0) is 8.97. The van der Waals surface area contributed by atoms with Crippen molar-refractivity contribution in [2.75, 3.05) is 27.2 Å². The van der Waals surface area contributed by atoms with Gasteiger partial charge >= 0.3 is 0 Å². The molecule has 0 aliphatic carbocycles. The Labute approximate surface area is 78.2 Å². The van der Waals surface area contributed by atoms with Gasteiger partial charge in [-0.15, -0.1) is 0 Å². The summed E-state index contributed by atoms with van der Waals surface area (Å²) >= 11 is 5.06. The Bertz CT molecular complexity index is 190. The van der Waals surface area contributed by atoms with Crippen LogP contribution >= 0.6 is 12.2 Å². The van der Waals surface area contributed by atoms with E-state index in [-0.39, 0.29) is 0 Å². The third kappa shape index (κ3) is 2.67. The van der Waals surface area contributed by atoms with E-state index in [9.17, 15) is 0 Å². The maximum Gasteiger partial charge on any atom is 0.191 e. The Balaban J connectivity index is 2.31. The molecular formula is C7H14N4S. The minimum absolute atomic E-state index is 0.722. The van der Waals surface area contributed by atoms with Gasteiger partial charge in [0.2, 0.25) is 0 Å². The number of nitrogens with one attached hydrogen (secondary N) is 2. The number of hydrazine groups is 1. The minimum atomic E-state index is 0.722. The summed E-state index contributed by atoms with van der Waals surface area (Å²) in [6.45, 7) is 1.85. The molecule has 4 nitrogen and oxygen atoms in total. The minimum Gasteiger partial charge on any atom is -0.336 e. The predicted octanol–water partition coefficient (Wildman–Crippen LogP) is -0.286. The maximum atomic E-state index is 5.06. The van der Waals surface area contributed by atoms with Gasteiger partial charge in [0.15, 0.2) is 5.11 Å². The summed E-state index contributed by atoms with van der Waals surface area (Å²) in [5.74, 6) is 0. The van der Waals surface area contributed by atoms with Crippen LogP contribution in [0, 0.1) is 0 Å². The zero-order valence-corrected chi connectivity index (χ0v) is 8.19. The molecule has 68 valence electrons. The molecule has 0 saturated carbocycles. The molecule has 0 aromatic carbocycles. The van der Waals surface area contributed by atoms with Gasteiger partial charge in [0, 0.05) is 18.9 Å². The fourth-order valence-corrected chi connectivity index (χ4v) is 1.05. The average Bonchev–Trinajstić information content (AvgIpc) is 2.03. The summed E-state index contributed by atoms with van der Waals surface area (Å²) in [4.78, 5) is 2.11. The van der Waals surface area contributed by atoms with Crippen molar-refractivity contribution in [3.05, 3.63) is 12.4 Å². The smallest absolute Gasteiger partial charge is 0.191 e. The molecule has 5 heteroatoms. The van der Waals surface area contributed by atoms with Crippen molar-refractivity contribution in [3.63, 3.8) is 0 Å². The monoisotopic (exact) mass is 186 g/mol. The zero-order valence-electron chi connectivity index (χ0n) is 7.37. The van der Waals surface area contributed by atoms with Gasteiger partial charge in [-0.1, -0.05) is 0 Å². The van der Waals surface area contributed by atoms with Crippen LogP contribution in [0.25, 0.3) is 0 Å². The van der Waals surface area contributed by atoms with Crippen LogP contribution in [0.2, 0.25) is 0 Å². The van der Waals surface area contributed by atoms with Crippen LogP contribution in [0.3, 0.4) is 0 Å². The molecule has 1 aliphatic heterocycles. The Morgan fingerprint density at radius 1 is 1.50 bits per heavy atom. The molecule has 12 heavy (non-hydrogen) atoms. The van der Waals surface area contributed by atoms with E-state index in [2.05, 4.69) is 15.6 Å². The lowest BCUT2D eigenvalue weighted by Gasteiger charge is -2.28. The Morgan fingerprint density at radius 3 is 2.83 bits per heavy atom. The van der Waals surface area contributed by atoms with Crippen LogP contribution in [0.15, 0.2) is 12.4 Å². The molecule has 0 fully saturated rings. The summed E-state index contributed by atoms with van der Waals surface area (Å²) in [7, 11) is 4.08. The number of hydrogen-bond acceptors (Lipinski definition) is 3. The molecule has 0 aromatic heterocycles. The van der Waals surface area contributed by atoms with Gasteiger partial charge in [-0.3, -0.25) is 5.01 Å². The molecule has 1 heterocycles. The van der Waals surface area contributed by atoms with Crippen molar-refractivity contribution in [1.82, 2.24) is 20.7 Å². The molecule has 0 atom stereocenters. The SMILES string of the molecule is CN(C)CCN1NC=CNC1=S. The fraction of sp³-hybridized carbons (Fsp3) is 0.571. The lowest BCUT2D eigenvalue weighted by molar-refractivity contribution is 0.291. The van der Waals surface area contributed by atoms with E-state index in [4.69, 9.17) is 12.2 Å². The van der Waals surface area contributed by atoms with E-state index in [1.807, 2.05) is 25.3 Å². The van der Waals surface area contributed by atoms with Crippen molar-refractivity contribution >= 4 is 17.3 Å². The van der Waals surface area contributed by atoms with E-state index >= 15 is 0 Å². The van der Waals surface area contributed by atoms with Crippen LogP contribution in [-0.4, -0.2) is 42.2 Å². The van der Waals surface area contributed by atoms with Crippen LogP contribution in [-0.2, 0) is 0 Å². The second-order valence-corrected chi connectivity index (χ2v) is 3.25. The first-order chi connectivity index (χ1) is 5.70. The molecule has 0 bridgehead atoms. The Kier molecular flexibility index (Phi) is 3.31. The third-order valence-electron chi connectivity index (χ3n) is 1.54. The molecule has 2 N–H and O–H groups in total. The lowest BCUT2D eigenvalue weighted by Crippen LogP contribution is -2.50. The molecule has 0 saturated heterocycles. The van der Waals surface area contributed by atoms with Crippen LogP contribution in [0.1, 0.15) is 0 Å². The van der Waals surface area contributed by atoms with E-state index in [1.54, 1.807) is 6.20 Å². The summed E-state index contributed by atoms with van der Waals surface area (Å²) in [5.41, 5.74) is 3.05. The number of rotatable bonds is 3. The number of hydrogen-bond donors (Lipinski definition) is 2. The molecule has 0 radical (unpaired) electrons. The van der Waals surface area contributed by atoms with Gasteiger partial charge in [-0.2, -0.15) is 0 Å². The lowest BCUT2D eigenvalue weighted by atomic mass is 10.5. The topological polar surface area (TPSA) is 30.5 Å². The Morgan fingerprint density at radius 2 is 2.25 bits per heavy atom. The van der Waals surface area contributed by atoms with E-state index in [0.717, 1.165) is 18.2 Å².